The molecule has 1 aliphatic rings. The third-order valence-corrected chi connectivity index (χ3v) is 3.21. The fourth-order valence-corrected chi connectivity index (χ4v) is 2.22. The fraction of sp³-hybridized carbons (Fsp3) is 0.833. The normalized spacial score (nSPS) is 18.6. The maximum atomic E-state index is 4.33. The molecule has 2 heterocycles. The van der Waals surface area contributed by atoms with Gasteiger partial charge in [0.1, 0.15) is 11.6 Å². The van der Waals surface area contributed by atoms with Gasteiger partial charge in [-0.25, -0.2) is 0 Å². The smallest absolute Gasteiger partial charge is 0.146 e. The fourth-order valence-electron chi connectivity index (χ4n) is 2.22. The van der Waals surface area contributed by atoms with Crippen LogP contribution >= 0.6 is 0 Å². The van der Waals surface area contributed by atoms with Crippen LogP contribution in [0.15, 0.2) is 0 Å². The Morgan fingerprint density at radius 1 is 1.18 bits per heavy atom. The topological polar surface area (TPSA) is 46.0 Å². The Labute approximate surface area is 103 Å². The van der Waals surface area contributed by atoms with Crippen molar-refractivity contribution in [1.29, 1.82) is 0 Å². The van der Waals surface area contributed by atoms with Crippen molar-refractivity contribution in [3.05, 3.63) is 11.6 Å². The van der Waals surface area contributed by atoms with Crippen molar-refractivity contribution in [3.63, 3.8) is 0 Å². The maximum Gasteiger partial charge on any atom is 0.146 e. The Morgan fingerprint density at radius 2 is 1.82 bits per heavy atom. The van der Waals surface area contributed by atoms with Gasteiger partial charge < -0.3 is 9.88 Å². The second kappa shape index (κ2) is 4.74. The molecule has 1 saturated heterocycles. The summed E-state index contributed by atoms with van der Waals surface area (Å²) in [5, 5.41) is 12.0. The molecule has 0 unspecified atom stereocenters. The lowest BCUT2D eigenvalue weighted by Gasteiger charge is -2.26. The van der Waals surface area contributed by atoms with E-state index >= 15 is 0 Å². The van der Waals surface area contributed by atoms with Gasteiger partial charge in [-0.2, -0.15) is 0 Å². The zero-order valence-corrected chi connectivity index (χ0v) is 11.3. The number of nitrogens with zero attached hydrogens (tertiary/aromatic N) is 4. The maximum absolute atomic E-state index is 4.33. The molecule has 2 rings (SSSR count). The van der Waals surface area contributed by atoms with Gasteiger partial charge in [0, 0.05) is 38.6 Å². The van der Waals surface area contributed by atoms with Crippen molar-refractivity contribution in [3.8, 4) is 0 Å². The van der Waals surface area contributed by atoms with E-state index in [1.165, 1.54) is 0 Å². The van der Waals surface area contributed by atoms with Crippen molar-refractivity contribution in [2.24, 2.45) is 7.05 Å². The van der Waals surface area contributed by atoms with Crippen LogP contribution in [0.3, 0.4) is 0 Å². The molecule has 0 radical (unpaired) electrons. The minimum atomic E-state index is 0.0590. The Bertz CT molecular complexity index is 371. The van der Waals surface area contributed by atoms with Crippen LogP contribution in [0.1, 0.15) is 32.4 Å². The van der Waals surface area contributed by atoms with Crippen LogP contribution in [0.2, 0.25) is 0 Å². The van der Waals surface area contributed by atoms with Gasteiger partial charge in [0.05, 0.1) is 6.54 Å². The molecule has 0 aliphatic carbocycles. The molecule has 5 heteroatoms. The van der Waals surface area contributed by atoms with E-state index in [0.717, 1.165) is 44.4 Å². The van der Waals surface area contributed by atoms with Crippen LogP contribution in [-0.2, 0) is 19.0 Å². The van der Waals surface area contributed by atoms with E-state index in [1.807, 2.05) is 0 Å². The van der Waals surface area contributed by atoms with Crippen LogP contribution in [-0.4, -0.2) is 45.8 Å². The summed E-state index contributed by atoms with van der Waals surface area (Å²) in [7, 11) is 2.07. The highest BCUT2D eigenvalue weighted by Crippen LogP contribution is 2.20. The van der Waals surface area contributed by atoms with Crippen molar-refractivity contribution in [2.45, 2.75) is 32.7 Å². The molecule has 1 fully saturated rings. The Kier molecular flexibility index (Phi) is 3.49. The SMILES string of the molecule is Cn1c(CN2CCNCC2)nnc1C(C)(C)C. The molecule has 0 amide bonds. The van der Waals surface area contributed by atoms with Crippen molar-refractivity contribution in [2.75, 3.05) is 26.2 Å². The predicted octanol–water partition coefficient (Wildman–Crippen LogP) is 0.518. The summed E-state index contributed by atoms with van der Waals surface area (Å²) in [5.41, 5.74) is 0.0590. The van der Waals surface area contributed by atoms with Crippen LogP contribution in [0.5, 0.6) is 0 Å². The number of piperazine rings is 1. The predicted molar refractivity (Wildman–Crippen MR) is 67.8 cm³/mol. The van der Waals surface area contributed by atoms with E-state index in [2.05, 4.69) is 52.8 Å². The minimum Gasteiger partial charge on any atom is -0.317 e. The lowest BCUT2D eigenvalue weighted by atomic mass is 9.96. The van der Waals surface area contributed by atoms with Crippen LogP contribution in [0, 0.1) is 0 Å². The second-order valence-electron chi connectivity index (χ2n) is 5.77. The summed E-state index contributed by atoms with van der Waals surface area (Å²) in [6.07, 6.45) is 0. The summed E-state index contributed by atoms with van der Waals surface area (Å²) < 4.78 is 2.14. The van der Waals surface area contributed by atoms with Gasteiger partial charge in [0.25, 0.3) is 0 Å². The molecular weight excluding hydrogens is 214 g/mol. The first-order valence-corrected chi connectivity index (χ1v) is 6.30. The van der Waals surface area contributed by atoms with E-state index < -0.39 is 0 Å². The molecule has 0 saturated carbocycles. The van der Waals surface area contributed by atoms with Crippen molar-refractivity contribution < 1.29 is 0 Å². The molecule has 1 N–H and O–H groups in total. The third-order valence-electron chi connectivity index (χ3n) is 3.21. The lowest BCUT2D eigenvalue weighted by molar-refractivity contribution is 0.225. The summed E-state index contributed by atoms with van der Waals surface area (Å²) in [6.45, 7) is 11.8. The van der Waals surface area contributed by atoms with Crippen molar-refractivity contribution >= 4 is 0 Å². The molecule has 0 spiro atoms. The summed E-state index contributed by atoms with van der Waals surface area (Å²) in [4.78, 5) is 2.42. The van der Waals surface area contributed by atoms with E-state index in [9.17, 15) is 0 Å². The molecule has 1 aromatic rings. The highest BCUT2D eigenvalue weighted by Gasteiger charge is 2.23. The first kappa shape index (κ1) is 12.5. The molecule has 5 nitrogen and oxygen atoms in total. The highest BCUT2D eigenvalue weighted by atomic mass is 15.3. The lowest BCUT2D eigenvalue weighted by Crippen LogP contribution is -2.43. The molecule has 17 heavy (non-hydrogen) atoms. The van der Waals surface area contributed by atoms with Gasteiger partial charge in [0.2, 0.25) is 0 Å². The largest absolute Gasteiger partial charge is 0.317 e. The number of rotatable bonds is 2. The third kappa shape index (κ3) is 2.84. The van der Waals surface area contributed by atoms with Gasteiger partial charge >= 0.3 is 0 Å². The zero-order chi connectivity index (χ0) is 12.5. The molecule has 0 atom stereocenters. The van der Waals surface area contributed by atoms with Gasteiger partial charge in [-0.05, 0) is 0 Å². The number of hydrogen-bond acceptors (Lipinski definition) is 4. The number of aromatic nitrogens is 3. The zero-order valence-electron chi connectivity index (χ0n) is 11.3. The Hall–Kier alpha value is -0.940. The van der Waals surface area contributed by atoms with Crippen LogP contribution in [0.25, 0.3) is 0 Å². The molecular formula is C12H23N5. The van der Waals surface area contributed by atoms with Gasteiger partial charge in [-0.15, -0.1) is 10.2 Å². The van der Waals surface area contributed by atoms with Gasteiger partial charge in [-0.3, -0.25) is 4.90 Å². The van der Waals surface area contributed by atoms with Crippen LogP contribution in [0.4, 0.5) is 0 Å². The molecule has 96 valence electrons. The number of nitrogens with one attached hydrogen (secondary N) is 1. The monoisotopic (exact) mass is 237 g/mol. The Morgan fingerprint density at radius 3 is 2.35 bits per heavy atom. The summed E-state index contributed by atoms with van der Waals surface area (Å²) in [6, 6.07) is 0. The van der Waals surface area contributed by atoms with Crippen molar-refractivity contribution in [1.82, 2.24) is 25.0 Å². The second-order valence-corrected chi connectivity index (χ2v) is 5.77. The molecule has 1 aliphatic heterocycles. The van der Waals surface area contributed by atoms with E-state index in [0.29, 0.717) is 0 Å². The van der Waals surface area contributed by atoms with Gasteiger partial charge in [-0.1, -0.05) is 20.8 Å². The highest BCUT2D eigenvalue weighted by molar-refractivity contribution is 5.05. The molecule has 0 bridgehead atoms. The van der Waals surface area contributed by atoms with E-state index in [4.69, 9.17) is 0 Å². The van der Waals surface area contributed by atoms with E-state index in [1.54, 1.807) is 0 Å². The first-order chi connectivity index (χ1) is 7.98. The molecule has 1 aromatic heterocycles. The van der Waals surface area contributed by atoms with Crippen LogP contribution < -0.4 is 5.32 Å². The quantitative estimate of drug-likeness (QED) is 0.814. The van der Waals surface area contributed by atoms with E-state index in [-0.39, 0.29) is 5.41 Å². The number of hydrogen-bond donors (Lipinski definition) is 1. The summed E-state index contributed by atoms with van der Waals surface area (Å²) in [5.74, 6) is 2.12. The Balaban J connectivity index is 2.09. The molecule has 0 aromatic carbocycles. The standard InChI is InChI=1S/C12H23N5/c1-12(2,3)11-15-14-10(16(11)4)9-17-7-5-13-6-8-17/h13H,5-9H2,1-4H3. The summed E-state index contributed by atoms with van der Waals surface area (Å²) >= 11 is 0. The average molecular weight is 237 g/mol. The minimum absolute atomic E-state index is 0.0590. The average Bonchev–Trinajstić information content (AvgIpc) is 2.61. The first-order valence-electron chi connectivity index (χ1n) is 6.30. The van der Waals surface area contributed by atoms with Gasteiger partial charge in [0.15, 0.2) is 0 Å².